The van der Waals surface area contributed by atoms with E-state index in [0.717, 1.165) is 66.8 Å². The van der Waals surface area contributed by atoms with Crippen molar-refractivity contribution in [3.05, 3.63) is 194 Å². The molecule has 12 rings (SSSR count). The Hall–Kier alpha value is -8.49. The summed E-state index contributed by atoms with van der Waals surface area (Å²) in [7, 11) is 0. The van der Waals surface area contributed by atoms with Crippen molar-refractivity contribution in [2.24, 2.45) is 0 Å². The highest BCUT2D eigenvalue weighted by atomic mass is 16.4. The number of para-hydroxylation sites is 6. The summed E-state index contributed by atoms with van der Waals surface area (Å²) >= 11 is 0. The molecule has 4 aromatic heterocycles. The van der Waals surface area contributed by atoms with Crippen LogP contribution in [0.1, 0.15) is 0 Å². The lowest BCUT2D eigenvalue weighted by Crippen LogP contribution is -2.00. The van der Waals surface area contributed by atoms with Crippen LogP contribution >= 0.6 is 0 Å². The zero-order valence-electron chi connectivity index (χ0n) is 32.5. The fraction of sp³-hybridized carbons (Fsp3) is 0. The van der Waals surface area contributed by atoms with Crippen molar-refractivity contribution in [3.63, 3.8) is 0 Å². The van der Waals surface area contributed by atoms with E-state index in [2.05, 4.69) is 102 Å². The normalized spacial score (nSPS) is 11.6. The second-order valence-electron chi connectivity index (χ2n) is 14.9. The maximum Gasteiger partial charge on any atom is 0.227 e. The van der Waals surface area contributed by atoms with Crippen LogP contribution in [0, 0.1) is 0 Å². The molecule has 4 heterocycles. The minimum absolute atomic E-state index is 0.547. The zero-order chi connectivity index (χ0) is 40.3. The highest BCUT2D eigenvalue weighted by Gasteiger charge is 2.17. The van der Waals surface area contributed by atoms with E-state index in [1.54, 1.807) is 0 Å². The highest BCUT2D eigenvalue weighted by Crippen LogP contribution is 2.35. The molecular formula is C53H32N6O2. The molecule has 8 aromatic carbocycles. The predicted molar refractivity (Wildman–Crippen MR) is 242 cm³/mol. The van der Waals surface area contributed by atoms with Crippen LogP contribution in [-0.2, 0) is 0 Å². The Morgan fingerprint density at radius 2 is 0.738 bits per heavy atom. The predicted octanol–water partition coefficient (Wildman–Crippen LogP) is 13.3. The first-order chi connectivity index (χ1) is 30.2. The Morgan fingerprint density at radius 1 is 0.311 bits per heavy atom. The molecule has 286 valence electrons. The molecule has 0 aliphatic carbocycles. The fourth-order valence-corrected chi connectivity index (χ4v) is 8.14. The summed E-state index contributed by atoms with van der Waals surface area (Å²) in [5.74, 6) is 2.77. The van der Waals surface area contributed by atoms with Gasteiger partial charge in [-0.1, -0.05) is 115 Å². The Kier molecular flexibility index (Phi) is 7.99. The van der Waals surface area contributed by atoms with Gasteiger partial charge in [-0.2, -0.15) is 0 Å². The van der Waals surface area contributed by atoms with E-state index >= 15 is 0 Å². The summed E-state index contributed by atoms with van der Waals surface area (Å²) in [4.78, 5) is 24.6. The maximum atomic E-state index is 6.06. The number of hydrogen-bond acceptors (Lipinski definition) is 7. The first-order valence-corrected chi connectivity index (χ1v) is 20.1. The van der Waals surface area contributed by atoms with Crippen molar-refractivity contribution < 1.29 is 8.83 Å². The molecule has 0 spiro atoms. The molecule has 0 aliphatic heterocycles. The van der Waals surface area contributed by atoms with Crippen LogP contribution in [0.2, 0.25) is 0 Å². The topological polar surface area (TPSA) is 95.7 Å². The first-order valence-electron chi connectivity index (χ1n) is 20.1. The summed E-state index contributed by atoms with van der Waals surface area (Å²) < 4.78 is 14.5. The van der Waals surface area contributed by atoms with Crippen molar-refractivity contribution in [3.8, 4) is 73.9 Å². The lowest BCUT2D eigenvalue weighted by molar-refractivity contribution is 0.619. The lowest BCUT2D eigenvalue weighted by Gasteiger charge is -2.12. The summed E-state index contributed by atoms with van der Waals surface area (Å²) in [6.07, 6.45) is 0. The number of aromatic nitrogens is 6. The van der Waals surface area contributed by atoms with Gasteiger partial charge in [0.15, 0.2) is 28.6 Å². The van der Waals surface area contributed by atoms with Gasteiger partial charge in [-0.15, -0.1) is 0 Å². The minimum Gasteiger partial charge on any atom is -0.436 e. The van der Waals surface area contributed by atoms with Crippen molar-refractivity contribution >= 4 is 44.0 Å². The molecule has 0 atom stereocenters. The van der Waals surface area contributed by atoms with Crippen LogP contribution in [0.5, 0.6) is 0 Å². The molecule has 0 amide bonds. The average molecular weight is 785 g/mol. The van der Waals surface area contributed by atoms with Crippen LogP contribution < -0.4 is 0 Å². The van der Waals surface area contributed by atoms with Gasteiger partial charge in [0.1, 0.15) is 11.0 Å². The van der Waals surface area contributed by atoms with E-state index in [0.29, 0.717) is 29.3 Å². The summed E-state index contributed by atoms with van der Waals surface area (Å²) in [6, 6.07) is 65.7. The van der Waals surface area contributed by atoms with Gasteiger partial charge in [0.25, 0.3) is 0 Å². The average Bonchev–Trinajstić information content (AvgIpc) is 4.06. The van der Waals surface area contributed by atoms with Crippen LogP contribution in [0.25, 0.3) is 118 Å². The maximum absolute atomic E-state index is 6.06. The Bertz CT molecular complexity index is 3350. The quantitative estimate of drug-likeness (QED) is 0.159. The first kappa shape index (κ1) is 34.5. The third-order valence-corrected chi connectivity index (χ3v) is 11.1. The molecule has 0 aliphatic rings. The molecular weight excluding hydrogens is 753 g/mol. The Morgan fingerprint density at radius 3 is 1.28 bits per heavy atom. The van der Waals surface area contributed by atoms with E-state index in [-0.39, 0.29) is 0 Å². The minimum atomic E-state index is 0.547. The van der Waals surface area contributed by atoms with E-state index in [9.17, 15) is 0 Å². The molecule has 0 saturated carbocycles. The van der Waals surface area contributed by atoms with Crippen LogP contribution in [0.3, 0.4) is 0 Å². The number of hydrogen-bond donors (Lipinski definition) is 0. The van der Waals surface area contributed by atoms with Gasteiger partial charge < -0.3 is 13.4 Å². The van der Waals surface area contributed by atoms with Gasteiger partial charge >= 0.3 is 0 Å². The third-order valence-electron chi connectivity index (χ3n) is 11.1. The van der Waals surface area contributed by atoms with Gasteiger partial charge in [0.2, 0.25) is 11.8 Å². The van der Waals surface area contributed by atoms with Crippen LogP contribution in [0.15, 0.2) is 203 Å². The molecule has 0 unspecified atom stereocenters. The molecule has 0 radical (unpaired) electrons. The summed E-state index contributed by atoms with van der Waals surface area (Å²) in [6.45, 7) is 0. The molecule has 0 saturated heterocycles. The second kappa shape index (κ2) is 14.1. The molecule has 8 nitrogen and oxygen atoms in total. The SMILES string of the molecule is c1cc(-c2cccc(-n3c4ccccc4c4ccccc43)c2)cc(-c2nc(-c3ccc(-c4nc5ccccc5o4)cc3)nc(-c3ccc(-c4nc5ccccc5o4)cc3)n2)c1. The fourth-order valence-electron chi connectivity index (χ4n) is 8.14. The highest BCUT2D eigenvalue weighted by molar-refractivity contribution is 6.09. The molecule has 61 heavy (non-hydrogen) atoms. The van der Waals surface area contributed by atoms with E-state index in [1.807, 2.05) is 97.1 Å². The van der Waals surface area contributed by atoms with Crippen LogP contribution in [0.4, 0.5) is 0 Å². The Labute approximate surface area is 349 Å². The molecule has 0 N–H and O–H groups in total. The smallest absolute Gasteiger partial charge is 0.227 e. The van der Waals surface area contributed by atoms with Crippen molar-refractivity contribution in [1.82, 2.24) is 29.5 Å². The number of oxazole rings is 2. The summed E-state index contributed by atoms with van der Waals surface area (Å²) in [5.41, 5.74) is 13.0. The molecule has 8 heteroatoms. The number of fused-ring (bicyclic) bond motifs is 5. The molecule has 12 aromatic rings. The third kappa shape index (κ3) is 6.13. The van der Waals surface area contributed by atoms with Crippen molar-refractivity contribution in [1.29, 1.82) is 0 Å². The largest absolute Gasteiger partial charge is 0.436 e. The number of rotatable bonds is 7. The number of nitrogens with zero attached hydrogens (tertiary/aromatic N) is 6. The number of benzene rings is 8. The lowest BCUT2D eigenvalue weighted by atomic mass is 10.0. The van der Waals surface area contributed by atoms with E-state index in [1.165, 1.54) is 21.8 Å². The van der Waals surface area contributed by atoms with Gasteiger partial charge in [-0.25, -0.2) is 24.9 Å². The van der Waals surface area contributed by atoms with E-state index in [4.69, 9.17) is 33.8 Å². The zero-order valence-corrected chi connectivity index (χ0v) is 32.5. The van der Waals surface area contributed by atoms with Crippen molar-refractivity contribution in [2.45, 2.75) is 0 Å². The molecule has 0 fully saturated rings. The molecule has 0 bridgehead atoms. The Balaban J connectivity index is 0.943. The van der Waals surface area contributed by atoms with Gasteiger partial charge in [0.05, 0.1) is 11.0 Å². The monoisotopic (exact) mass is 784 g/mol. The van der Waals surface area contributed by atoms with Crippen molar-refractivity contribution in [2.75, 3.05) is 0 Å². The van der Waals surface area contributed by atoms with Gasteiger partial charge in [0, 0.05) is 44.3 Å². The van der Waals surface area contributed by atoms with Crippen LogP contribution in [-0.4, -0.2) is 29.5 Å². The van der Waals surface area contributed by atoms with E-state index < -0.39 is 0 Å². The van der Waals surface area contributed by atoms with Gasteiger partial charge in [-0.3, -0.25) is 0 Å². The second-order valence-corrected chi connectivity index (χ2v) is 14.9. The summed E-state index contributed by atoms with van der Waals surface area (Å²) in [5, 5.41) is 2.46. The van der Waals surface area contributed by atoms with Gasteiger partial charge in [-0.05, 0) is 90.0 Å². The standard InChI is InChI=1S/C53H32N6O2/c1-5-19-45-41(15-1)42-16-2-6-20-46(42)59(45)40-14-10-12-38(32-40)37-11-9-13-39(31-37)51-57-49(33-23-27-35(28-24-33)52-54-43-17-3-7-21-47(43)60-52)56-50(58-51)34-25-29-36(30-26-34)53-55-44-18-4-8-22-48(44)61-53/h1-32H.